The Kier molecular flexibility index (Phi) is 4.97. The van der Waals surface area contributed by atoms with Crippen molar-refractivity contribution in [3.05, 3.63) is 72.7 Å². The summed E-state index contributed by atoms with van der Waals surface area (Å²) in [5, 5.41) is 11.5. The van der Waals surface area contributed by atoms with Crippen LogP contribution in [0.4, 0.5) is 11.5 Å². The van der Waals surface area contributed by atoms with Gasteiger partial charge < -0.3 is 10.6 Å². The van der Waals surface area contributed by atoms with Crippen molar-refractivity contribution in [2.24, 2.45) is 0 Å². The minimum absolute atomic E-state index is 0.0711. The number of carbonyl (C=O) groups is 1. The van der Waals surface area contributed by atoms with Crippen molar-refractivity contribution >= 4 is 28.4 Å². The normalized spacial score (nSPS) is 10.8. The van der Waals surface area contributed by atoms with Crippen molar-refractivity contribution in [2.75, 3.05) is 17.2 Å². The molecule has 2 heterocycles. The van der Waals surface area contributed by atoms with Crippen LogP contribution in [0.1, 0.15) is 12.5 Å². The van der Waals surface area contributed by atoms with Gasteiger partial charge in [0.2, 0.25) is 5.91 Å². The number of benzene rings is 2. The lowest BCUT2D eigenvalue weighted by Gasteiger charge is -2.08. The number of anilines is 2. The van der Waals surface area contributed by atoms with Crippen LogP contribution < -0.4 is 10.6 Å². The maximum absolute atomic E-state index is 11.1. The molecule has 7 nitrogen and oxygen atoms in total. The van der Waals surface area contributed by atoms with Crippen LogP contribution in [0.15, 0.2) is 67.1 Å². The third-order valence-electron chi connectivity index (χ3n) is 4.35. The quantitative estimate of drug-likeness (QED) is 0.542. The van der Waals surface area contributed by atoms with Gasteiger partial charge in [0.15, 0.2) is 5.65 Å². The number of hydrogen-bond acceptors (Lipinski definition) is 5. The van der Waals surface area contributed by atoms with Crippen LogP contribution in [0.2, 0.25) is 0 Å². The second-order valence-electron chi connectivity index (χ2n) is 6.41. The van der Waals surface area contributed by atoms with Gasteiger partial charge in [-0.15, -0.1) is 0 Å². The van der Waals surface area contributed by atoms with Crippen LogP contribution in [-0.2, 0) is 11.2 Å². The minimum atomic E-state index is -0.0711. The summed E-state index contributed by atoms with van der Waals surface area (Å²) in [7, 11) is 0. The Morgan fingerprint density at radius 1 is 1.04 bits per heavy atom. The van der Waals surface area contributed by atoms with Crippen LogP contribution >= 0.6 is 0 Å². The molecule has 0 saturated carbocycles. The van der Waals surface area contributed by atoms with Crippen LogP contribution in [0.5, 0.6) is 0 Å². The highest BCUT2D eigenvalue weighted by molar-refractivity contribution is 5.88. The Bertz CT molecular complexity index is 1090. The molecule has 0 unspecified atom stereocenters. The van der Waals surface area contributed by atoms with Crippen LogP contribution in [0, 0.1) is 0 Å². The van der Waals surface area contributed by atoms with Gasteiger partial charge in [-0.3, -0.25) is 4.79 Å². The zero-order valence-corrected chi connectivity index (χ0v) is 15.5. The van der Waals surface area contributed by atoms with Crippen LogP contribution in [0.3, 0.4) is 0 Å². The van der Waals surface area contributed by atoms with E-state index in [1.54, 1.807) is 12.5 Å². The van der Waals surface area contributed by atoms with Gasteiger partial charge in [0.05, 0.1) is 17.3 Å². The summed E-state index contributed by atoms with van der Waals surface area (Å²) in [5.74, 6) is 0.695. The van der Waals surface area contributed by atoms with Gasteiger partial charge >= 0.3 is 0 Å². The molecule has 4 aromatic rings. The first-order chi connectivity index (χ1) is 13.7. The van der Waals surface area contributed by atoms with Gasteiger partial charge in [0.25, 0.3) is 0 Å². The molecule has 1 amide bonds. The predicted octanol–water partition coefficient (Wildman–Crippen LogP) is 3.43. The standard InChI is InChI=1S/C21H20N6O/c1-15(28)26-17-9-7-16(8-10-17)11-12-22-20-19-13-25-27(21(19)24-14-23-20)18-5-3-2-4-6-18/h2-10,13-14H,11-12H2,1H3,(H,26,28)(H,22,23,24). The molecule has 4 rings (SSSR count). The van der Waals surface area contributed by atoms with Crippen molar-refractivity contribution in [3.63, 3.8) is 0 Å². The van der Waals surface area contributed by atoms with Crippen molar-refractivity contribution in [2.45, 2.75) is 13.3 Å². The van der Waals surface area contributed by atoms with E-state index in [0.29, 0.717) is 0 Å². The molecule has 0 aliphatic rings. The number of rotatable bonds is 6. The number of hydrogen-bond donors (Lipinski definition) is 2. The molecule has 2 aromatic carbocycles. The van der Waals surface area contributed by atoms with Gasteiger partial charge in [-0.05, 0) is 36.2 Å². The van der Waals surface area contributed by atoms with Crippen LogP contribution in [0.25, 0.3) is 16.7 Å². The van der Waals surface area contributed by atoms with Crippen molar-refractivity contribution < 1.29 is 4.79 Å². The van der Waals surface area contributed by atoms with E-state index in [9.17, 15) is 4.79 Å². The molecular weight excluding hydrogens is 352 g/mol. The topological polar surface area (TPSA) is 84.7 Å². The summed E-state index contributed by atoms with van der Waals surface area (Å²) in [4.78, 5) is 19.8. The van der Waals surface area contributed by atoms with Gasteiger partial charge in [-0.25, -0.2) is 14.6 Å². The van der Waals surface area contributed by atoms with E-state index in [0.717, 1.165) is 41.2 Å². The second-order valence-corrected chi connectivity index (χ2v) is 6.41. The fourth-order valence-electron chi connectivity index (χ4n) is 3.03. The monoisotopic (exact) mass is 372 g/mol. The highest BCUT2D eigenvalue weighted by atomic mass is 16.1. The number of nitrogens with one attached hydrogen (secondary N) is 2. The summed E-state index contributed by atoms with van der Waals surface area (Å²) in [5.41, 5.74) is 3.70. The second kappa shape index (κ2) is 7.87. The zero-order chi connectivity index (χ0) is 19.3. The van der Waals surface area contributed by atoms with E-state index >= 15 is 0 Å². The molecule has 7 heteroatoms. The highest BCUT2D eigenvalue weighted by Gasteiger charge is 2.10. The first kappa shape index (κ1) is 17.7. The minimum Gasteiger partial charge on any atom is -0.369 e. The summed E-state index contributed by atoms with van der Waals surface area (Å²) in [6.45, 7) is 2.22. The first-order valence-electron chi connectivity index (χ1n) is 9.05. The smallest absolute Gasteiger partial charge is 0.221 e. The molecule has 0 aliphatic carbocycles. The third-order valence-corrected chi connectivity index (χ3v) is 4.35. The van der Waals surface area contributed by atoms with E-state index in [1.165, 1.54) is 12.5 Å². The van der Waals surface area contributed by atoms with Crippen molar-refractivity contribution in [1.82, 2.24) is 19.7 Å². The van der Waals surface area contributed by atoms with E-state index in [2.05, 4.69) is 25.7 Å². The molecule has 0 aliphatic heterocycles. The number of nitrogens with zero attached hydrogens (tertiary/aromatic N) is 4. The Hall–Kier alpha value is -3.74. The lowest BCUT2D eigenvalue weighted by atomic mass is 10.1. The Labute approximate surface area is 162 Å². The molecule has 2 aromatic heterocycles. The predicted molar refractivity (Wildman–Crippen MR) is 110 cm³/mol. The number of aromatic nitrogens is 4. The molecular formula is C21H20N6O. The summed E-state index contributed by atoms with van der Waals surface area (Å²) < 4.78 is 1.81. The number of carbonyl (C=O) groups excluding carboxylic acids is 1. The maximum Gasteiger partial charge on any atom is 0.221 e. The SMILES string of the molecule is CC(=O)Nc1ccc(CCNc2ncnc3c2cnn3-c2ccccc2)cc1. The number of amides is 1. The molecule has 0 radical (unpaired) electrons. The summed E-state index contributed by atoms with van der Waals surface area (Å²) >= 11 is 0. The molecule has 0 atom stereocenters. The van der Waals surface area contributed by atoms with E-state index in [4.69, 9.17) is 0 Å². The zero-order valence-electron chi connectivity index (χ0n) is 15.5. The molecule has 28 heavy (non-hydrogen) atoms. The fraction of sp³-hybridized carbons (Fsp3) is 0.143. The van der Waals surface area contributed by atoms with Crippen molar-refractivity contribution in [3.8, 4) is 5.69 Å². The average molecular weight is 372 g/mol. The third kappa shape index (κ3) is 3.83. The highest BCUT2D eigenvalue weighted by Crippen LogP contribution is 2.21. The van der Waals surface area contributed by atoms with E-state index in [-0.39, 0.29) is 5.91 Å². The van der Waals surface area contributed by atoms with Gasteiger partial charge in [-0.2, -0.15) is 5.10 Å². The lowest BCUT2D eigenvalue weighted by molar-refractivity contribution is -0.114. The van der Waals surface area contributed by atoms with E-state index < -0.39 is 0 Å². The molecule has 0 fully saturated rings. The fourth-order valence-corrected chi connectivity index (χ4v) is 3.03. The Balaban J connectivity index is 1.45. The Morgan fingerprint density at radius 3 is 2.57 bits per heavy atom. The van der Waals surface area contributed by atoms with Gasteiger partial charge in [0, 0.05) is 19.2 Å². The molecule has 140 valence electrons. The van der Waals surface area contributed by atoms with E-state index in [1.807, 2.05) is 59.3 Å². The van der Waals surface area contributed by atoms with Crippen LogP contribution in [-0.4, -0.2) is 32.2 Å². The summed E-state index contributed by atoms with van der Waals surface area (Å²) in [6, 6.07) is 17.7. The number of para-hydroxylation sites is 1. The number of fused-ring (bicyclic) bond motifs is 1. The van der Waals surface area contributed by atoms with Gasteiger partial charge in [0.1, 0.15) is 12.1 Å². The lowest BCUT2D eigenvalue weighted by Crippen LogP contribution is -2.08. The largest absolute Gasteiger partial charge is 0.369 e. The first-order valence-corrected chi connectivity index (χ1v) is 9.05. The molecule has 0 spiro atoms. The van der Waals surface area contributed by atoms with Gasteiger partial charge in [-0.1, -0.05) is 30.3 Å². The Morgan fingerprint density at radius 2 is 1.82 bits per heavy atom. The molecule has 0 saturated heterocycles. The average Bonchev–Trinajstić information content (AvgIpc) is 3.15. The summed E-state index contributed by atoms with van der Waals surface area (Å²) in [6.07, 6.45) is 4.17. The van der Waals surface area contributed by atoms with Crippen molar-refractivity contribution in [1.29, 1.82) is 0 Å². The molecule has 0 bridgehead atoms. The maximum atomic E-state index is 11.1. The molecule has 2 N–H and O–H groups in total.